The molecule has 1 aromatic heterocycles. The zero-order valence-electron chi connectivity index (χ0n) is 21.3. The van der Waals surface area contributed by atoms with Crippen molar-refractivity contribution in [2.45, 2.75) is 70.9 Å². The van der Waals surface area contributed by atoms with Gasteiger partial charge in [-0.3, -0.25) is 19.4 Å². The summed E-state index contributed by atoms with van der Waals surface area (Å²) < 4.78 is 12.2. The van der Waals surface area contributed by atoms with Gasteiger partial charge in [0.15, 0.2) is 5.78 Å². The van der Waals surface area contributed by atoms with Crippen molar-refractivity contribution < 1.29 is 23.7 Å². The van der Waals surface area contributed by atoms with E-state index in [0.717, 1.165) is 5.56 Å². The molecule has 1 amide bonds. The molecule has 36 heavy (non-hydrogen) atoms. The molecule has 1 N–H and O–H groups in total. The second-order valence-corrected chi connectivity index (χ2v) is 10.3. The lowest BCUT2D eigenvalue weighted by atomic mass is 9.53. The van der Waals surface area contributed by atoms with E-state index in [1.165, 1.54) is 18.6 Å². The zero-order valence-corrected chi connectivity index (χ0v) is 21.3. The van der Waals surface area contributed by atoms with Gasteiger partial charge < -0.3 is 19.4 Å². The number of nitrogens with one attached hydrogen (secondary N) is 1. The molecule has 10 heteroatoms. The fraction of sp³-hybridized carbons (Fsp3) is 0.500. The molecule has 192 valence electrons. The highest BCUT2D eigenvalue weighted by Gasteiger charge is 2.58. The standard InChI is InChI=1S/C26H34BN4O5/c1-17(2)12-21(27-31(18(3)16-35-27)19(4)26(34)36-27)14-24(32)22(13-20-8-6-5-7-9-20)30-25(33)23-15-28-10-11-29-23/h5-11,15,17-19,21-22H,12-14,16H2,1-4H3,(H,30,33)/q-1/t18-,19-,21+,22-,27?/m0/s1. The molecular weight excluding hydrogens is 459 g/mol. The van der Waals surface area contributed by atoms with E-state index in [2.05, 4.69) is 29.1 Å². The maximum atomic E-state index is 13.8. The summed E-state index contributed by atoms with van der Waals surface area (Å²) in [5.74, 6) is -1.01. The van der Waals surface area contributed by atoms with Gasteiger partial charge in [-0.05, 0) is 37.3 Å². The highest BCUT2D eigenvalue weighted by molar-refractivity contribution is 6.70. The largest absolute Gasteiger partial charge is 0.652 e. The summed E-state index contributed by atoms with van der Waals surface area (Å²) in [5.41, 5.74) is 1.07. The lowest BCUT2D eigenvalue weighted by molar-refractivity contribution is -0.136. The Bertz CT molecular complexity index is 1090. The summed E-state index contributed by atoms with van der Waals surface area (Å²) in [6.45, 7) is 6.30. The third-order valence-corrected chi connectivity index (χ3v) is 7.18. The maximum Gasteiger partial charge on any atom is 0.378 e. The van der Waals surface area contributed by atoms with Crippen molar-refractivity contribution in [2.75, 3.05) is 6.61 Å². The van der Waals surface area contributed by atoms with E-state index >= 15 is 0 Å². The van der Waals surface area contributed by atoms with Crippen molar-refractivity contribution >= 4 is 24.3 Å². The van der Waals surface area contributed by atoms with Gasteiger partial charge in [-0.25, -0.2) is 4.98 Å². The number of amides is 1. The first-order valence-electron chi connectivity index (χ1n) is 12.6. The molecule has 0 bridgehead atoms. The molecule has 2 aromatic rings. The van der Waals surface area contributed by atoms with Crippen molar-refractivity contribution in [1.82, 2.24) is 20.1 Å². The number of carbonyl (C=O) groups is 3. The number of fused-ring (bicyclic) bond motifs is 1. The van der Waals surface area contributed by atoms with Crippen LogP contribution in [-0.4, -0.2) is 63.9 Å². The number of hydrogen-bond acceptors (Lipinski definition) is 8. The summed E-state index contributed by atoms with van der Waals surface area (Å²) in [4.78, 5) is 49.4. The number of hydrogen-bond donors (Lipinski definition) is 1. The highest BCUT2D eigenvalue weighted by atomic mass is 16.7. The summed E-state index contributed by atoms with van der Waals surface area (Å²) >= 11 is 0. The summed E-state index contributed by atoms with van der Waals surface area (Å²) in [6, 6.07) is 8.34. The summed E-state index contributed by atoms with van der Waals surface area (Å²) in [7, 11) is 0. The van der Waals surface area contributed by atoms with Crippen LogP contribution in [0.1, 0.15) is 56.6 Å². The Morgan fingerprint density at radius 3 is 2.61 bits per heavy atom. The van der Waals surface area contributed by atoms with Crippen LogP contribution in [-0.2, 0) is 25.3 Å². The van der Waals surface area contributed by atoms with Gasteiger partial charge >= 0.3 is 6.69 Å². The molecule has 0 spiro atoms. The second kappa shape index (κ2) is 10.9. The van der Waals surface area contributed by atoms with Crippen molar-refractivity contribution in [3.63, 3.8) is 0 Å². The number of nitrogens with zero attached hydrogens (tertiary/aromatic N) is 3. The van der Waals surface area contributed by atoms with E-state index in [9.17, 15) is 14.4 Å². The van der Waals surface area contributed by atoms with Crippen molar-refractivity contribution in [3.8, 4) is 0 Å². The van der Waals surface area contributed by atoms with Crippen molar-refractivity contribution in [1.29, 1.82) is 0 Å². The fourth-order valence-corrected chi connectivity index (χ4v) is 5.61. The minimum atomic E-state index is -2.12. The molecule has 1 aromatic carbocycles. The average Bonchev–Trinajstić information content (AvgIpc) is 3.33. The Labute approximate surface area is 212 Å². The molecule has 2 saturated heterocycles. The number of rotatable bonds is 10. The predicted molar refractivity (Wildman–Crippen MR) is 135 cm³/mol. The van der Waals surface area contributed by atoms with Gasteiger partial charge in [0.25, 0.3) is 11.9 Å². The lowest BCUT2D eigenvalue weighted by Gasteiger charge is -2.45. The molecule has 0 radical (unpaired) electrons. The van der Waals surface area contributed by atoms with Crippen LogP contribution in [0.25, 0.3) is 0 Å². The van der Waals surface area contributed by atoms with Crippen LogP contribution < -0.4 is 5.32 Å². The van der Waals surface area contributed by atoms with E-state index in [1.54, 1.807) is 0 Å². The Hall–Kier alpha value is -3.11. The van der Waals surface area contributed by atoms with E-state index in [0.29, 0.717) is 19.4 Å². The molecule has 0 aliphatic carbocycles. The van der Waals surface area contributed by atoms with Crippen LogP contribution in [0.2, 0.25) is 5.82 Å². The Balaban J connectivity index is 1.60. The molecular formula is C26H34BN4O5-. The zero-order chi connectivity index (χ0) is 25.9. The van der Waals surface area contributed by atoms with Gasteiger partial charge in [-0.2, -0.15) is 0 Å². The SMILES string of the molecule is CC(C)C[C@H](CC(=O)[C@H](Cc1ccccc1)NC(=O)c1cnccn1)[B-]12OC[C@H](C)N1[C@@H](C)C(=O)O2. The topological polar surface area (TPSA) is 111 Å². The van der Waals surface area contributed by atoms with E-state index < -0.39 is 24.7 Å². The molecule has 2 fully saturated rings. The number of aromatic nitrogens is 2. The van der Waals surface area contributed by atoms with E-state index in [4.69, 9.17) is 9.31 Å². The Morgan fingerprint density at radius 1 is 1.19 bits per heavy atom. The van der Waals surface area contributed by atoms with Crippen molar-refractivity contribution in [3.05, 3.63) is 60.2 Å². The maximum absolute atomic E-state index is 13.8. The molecule has 0 saturated carbocycles. The van der Waals surface area contributed by atoms with Crippen molar-refractivity contribution in [2.24, 2.45) is 5.92 Å². The molecule has 4 rings (SSSR count). The van der Waals surface area contributed by atoms with E-state index in [-0.39, 0.29) is 41.6 Å². The minimum Gasteiger partial charge on any atom is -0.652 e. The molecule has 2 aliphatic heterocycles. The van der Waals surface area contributed by atoms with Gasteiger partial charge in [0.05, 0.1) is 18.3 Å². The monoisotopic (exact) mass is 493 g/mol. The van der Waals surface area contributed by atoms with Crippen LogP contribution in [0, 0.1) is 5.92 Å². The van der Waals surface area contributed by atoms with Gasteiger partial charge in [0.2, 0.25) is 0 Å². The first-order chi connectivity index (χ1) is 17.2. The van der Waals surface area contributed by atoms with Crippen LogP contribution >= 0.6 is 0 Å². The normalized spacial score (nSPS) is 25.3. The lowest BCUT2D eigenvalue weighted by Crippen LogP contribution is -2.56. The van der Waals surface area contributed by atoms with Gasteiger partial charge in [0.1, 0.15) is 5.69 Å². The molecule has 5 atom stereocenters. The van der Waals surface area contributed by atoms with Gasteiger partial charge in [-0.1, -0.05) is 63.3 Å². The Kier molecular flexibility index (Phi) is 7.85. The molecule has 1 unspecified atom stereocenters. The number of benzene rings is 1. The Morgan fingerprint density at radius 2 is 1.94 bits per heavy atom. The number of carbonyl (C=O) groups excluding carboxylic acids is 3. The third kappa shape index (κ3) is 5.34. The smallest absolute Gasteiger partial charge is 0.378 e. The molecule has 3 heterocycles. The quantitative estimate of drug-likeness (QED) is 0.503. The van der Waals surface area contributed by atoms with E-state index in [1.807, 2.05) is 49.0 Å². The predicted octanol–water partition coefficient (Wildman–Crippen LogP) is 2.80. The van der Waals surface area contributed by atoms with Gasteiger partial charge in [0, 0.05) is 19.0 Å². The molecule has 9 nitrogen and oxygen atoms in total. The number of ketones is 1. The summed E-state index contributed by atoms with van der Waals surface area (Å²) in [6.07, 6.45) is 5.38. The minimum absolute atomic E-state index is 0.00712. The number of Topliss-reactive ketones (excluding diaryl/α,β-unsaturated/α-hetero) is 1. The first kappa shape index (κ1) is 26.0. The van der Waals surface area contributed by atoms with Crippen LogP contribution in [0.4, 0.5) is 0 Å². The summed E-state index contributed by atoms with van der Waals surface area (Å²) in [5, 5.41) is 2.87. The van der Waals surface area contributed by atoms with Gasteiger partial charge in [-0.15, -0.1) is 0 Å². The van der Waals surface area contributed by atoms with Crippen LogP contribution in [0.15, 0.2) is 48.9 Å². The highest BCUT2D eigenvalue weighted by Crippen LogP contribution is 2.45. The van der Waals surface area contributed by atoms with Crippen LogP contribution in [0.5, 0.6) is 0 Å². The van der Waals surface area contributed by atoms with Crippen LogP contribution in [0.3, 0.4) is 0 Å². The molecule has 2 aliphatic rings. The average molecular weight is 493 g/mol. The first-order valence-corrected chi connectivity index (χ1v) is 12.6. The third-order valence-electron chi connectivity index (χ3n) is 7.18. The second-order valence-electron chi connectivity index (χ2n) is 10.3. The fourth-order valence-electron chi connectivity index (χ4n) is 5.61.